The normalized spacial score (nSPS) is 12.5. The molecule has 5 rings (SSSR count). The first-order valence-electron chi connectivity index (χ1n) is 12.0. The number of aryl methyl sites for hydroxylation is 1. The highest BCUT2D eigenvalue weighted by Crippen LogP contribution is 2.37. The maximum Gasteiger partial charge on any atom is 0.140 e. The molecule has 0 spiro atoms. The number of rotatable bonds is 6. The number of hydrogen-bond acceptors (Lipinski definition) is 8. The zero-order valence-electron chi connectivity index (χ0n) is 20.5. The first-order chi connectivity index (χ1) is 18.0. The molecule has 0 unspecified atom stereocenters. The van der Waals surface area contributed by atoms with Crippen molar-refractivity contribution < 1.29 is 14.6 Å². The predicted octanol–water partition coefficient (Wildman–Crippen LogP) is 6.12. The van der Waals surface area contributed by atoms with Crippen molar-refractivity contribution in [1.29, 1.82) is 5.26 Å². The van der Waals surface area contributed by atoms with Crippen LogP contribution in [0.15, 0.2) is 54.7 Å². The van der Waals surface area contributed by atoms with Crippen LogP contribution in [-0.2, 0) is 17.8 Å². The molecule has 2 aromatic carbocycles. The minimum absolute atomic E-state index is 0.0554. The van der Waals surface area contributed by atoms with Gasteiger partial charge in [0.1, 0.15) is 24.2 Å². The van der Waals surface area contributed by atoms with E-state index in [1.165, 1.54) is 18.9 Å². The van der Waals surface area contributed by atoms with Crippen molar-refractivity contribution in [3.8, 4) is 17.6 Å². The number of benzene rings is 2. The first-order valence-corrected chi connectivity index (χ1v) is 12.4. The maximum absolute atomic E-state index is 10.0. The third-order valence-corrected chi connectivity index (χ3v) is 6.08. The number of nitrogens with one attached hydrogen (secondary N) is 1. The third kappa shape index (κ3) is 6.39. The highest BCUT2D eigenvalue weighted by atomic mass is 35.5. The third-order valence-electron chi connectivity index (χ3n) is 5.79. The van der Waals surface area contributed by atoms with Crippen molar-refractivity contribution >= 4 is 39.6 Å². The summed E-state index contributed by atoms with van der Waals surface area (Å²) in [7, 11) is 0. The number of fused-ring (bicyclic) bond motifs is 1. The molecular formula is C28H28ClN5O3. The van der Waals surface area contributed by atoms with Crippen molar-refractivity contribution in [3.63, 3.8) is 0 Å². The van der Waals surface area contributed by atoms with Gasteiger partial charge in [-0.05, 0) is 55.7 Å². The van der Waals surface area contributed by atoms with Gasteiger partial charge in [0, 0.05) is 36.6 Å². The van der Waals surface area contributed by atoms with Crippen molar-refractivity contribution in [3.05, 3.63) is 76.7 Å². The fraction of sp³-hybridized carbons (Fsp3) is 0.250. The van der Waals surface area contributed by atoms with Crippen molar-refractivity contribution in [1.82, 2.24) is 9.97 Å². The minimum atomic E-state index is -0.0554. The molecule has 0 radical (unpaired) electrons. The lowest BCUT2D eigenvalue weighted by Gasteiger charge is -2.16. The van der Waals surface area contributed by atoms with Gasteiger partial charge in [0.25, 0.3) is 0 Å². The van der Waals surface area contributed by atoms with Crippen molar-refractivity contribution in [2.24, 2.45) is 0 Å². The quantitative estimate of drug-likeness (QED) is 0.206. The number of aromatic hydroxyl groups is 1. The van der Waals surface area contributed by atoms with E-state index in [0.29, 0.717) is 57.3 Å². The van der Waals surface area contributed by atoms with Gasteiger partial charge < -0.3 is 25.6 Å². The molecule has 1 aliphatic rings. The topological polar surface area (TPSA) is 126 Å². The lowest BCUT2D eigenvalue weighted by molar-refractivity contribution is 0.198. The van der Waals surface area contributed by atoms with Crippen LogP contribution in [0.4, 0.5) is 17.1 Å². The Morgan fingerprint density at radius 1 is 1.19 bits per heavy atom. The molecule has 1 fully saturated rings. The van der Waals surface area contributed by atoms with Gasteiger partial charge in [-0.1, -0.05) is 24.6 Å². The van der Waals surface area contributed by atoms with E-state index in [4.69, 9.17) is 26.8 Å². The summed E-state index contributed by atoms with van der Waals surface area (Å²) in [6.45, 7) is 4.21. The second-order valence-corrected chi connectivity index (χ2v) is 8.81. The SMILES string of the molecule is C1CCOC1.CCc1nc2cc(O)c(N)cc2c(Nc2ccc(OCc3ccccn3)c(Cl)c2)c1C#N. The summed E-state index contributed by atoms with van der Waals surface area (Å²) in [6, 6.07) is 16.2. The monoisotopic (exact) mass is 517 g/mol. The molecule has 3 heterocycles. The van der Waals surface area contributed by atoms with E-state index < -0.39 is 0 Å². The number of nitrogens with zero attached hydrogens (tertiary/aromatic N) is 3. The Morgan fingerprint density at radius 3 is 2.62 bits per heavy atom. The van der Waals surface area contributed by atoms with Gasteiger partial charge in [-0.2, -0.15) is 5.26 Å². The molecule has 4 N–H and O–H groups in total. The second kappa shape index (κ2) is 12.3. The summed E-state index contributed by atoms with van der Waals surface area (Å²) in [5, 5.41) is 24.1. The van der Waals surface area contributed by atoms with Gasteiger partial charge >= 0.3 is 0 Å². The number of nitrogens with two attached hydrogens (primary N) is 1. The van der Waals surface area contributed by atoms with E-state index in [9.17, 15) is 10.4 Å². The molecule has 9 heteroatoms. The summed E-state index contributed by atoms with van der Waals surface area (Å²) >= 11 is 6.44. The molecule has 0 saturated carbocycles. The Balaban J connectivity index is 0.000000572. The van der Waals surface area contributed by atoms with Crippen LogP contribution in [0, 0.1) is 11.3 Å². The zero-order chi connectivity index (χ0) is 26.2. The van der Waals surface area contributed by atoms with E-state index >= 15 is 0 Å². The van der Waals surface area contributed by atoms with E-state index in [0.717, 1.165) is 18.9 Å². The number of hydrogen-bond donors (Lipinski definition) is 3. The summed E-state index contributed by atoms with van der Waals surface area (Å²) < 4.78 is 10.7. The zero-order valence-corrected chi connectivity index (χ0v) is 21.3. The number of ether oxygens (including phenoxy) is 2. The molecule has 1 aliphatic heterocycles. The van der Waals surface area contributed by atoms with Crippen LogP contribution >= 0.6 is 11.6 Å². The molecule has 190 valence electrons. The van der Waals surface area contributed by atoms with Crippen LogP contribution < -0.4 is 15.8 Å². The van der Waals surface area contributed by atoms with Crippen LogP contribution in [0.2, 0.25) is 5.02 Å². The van der Waals surface area contributed by atoms with E-state index in [-0.39, 0.29) is 11.4 Å². The second-order valence-electron chi connectivity index (χ2n) is 8.40. The summed E-state index contributed by atoms with van der Waals surface area (Å²) in [4.78, 5) is 8.75. The van der Waals surface area contributed by atoms with Crippen LogP contribution in [-0.4, -0.2) is 28.3 Å². The smallest absolute Gasteiger partial charge is 0.140 e. The van der Waals surface area contributed by atoms with Gasteiger partial charge in [0.05, 0.1) is 38.9 Å². The summed E-state index contributed by atoms with van der Waals surface area (Å²) in [6.07, 6.45) is 4.82. The molecule has 4 aromatic rings. The van der Waals surface area contributed by atoms with Gasteiger partial charge in [0.2, 0.25) is 0 Å². The minimum Gasteiger partial charge on any atom is -0.506 e. The van der Waals surface area contributed by atoms with E-state index in [1.807, 2.05) is 31.2 Å². The average Bonchev–Trinajstić information content (AvgIpc) is 3.50. The highest BCUT2D eigenvalue weighted by Gasteiger charge is 2.17. The van der Waals surface area contributed by atoms with Gasteiger partial charge in [-0.15, -0.1) is 0 Å². The lowest BCUT2D eigenvalue weighted by atomic mass is 10.0. The Hall–Kier alpha value is -4.06. The van der Waals surface area contributed by atoms with E-state index in [2.05, 4.69) is 21.4 Å². The van der Waals surface area contributed by atoms with Gasteiger partial charge in [0.15, 0.2) is 0 Å². The molecule has 8 nitrogen and oxygen atoms in total. The fourth-order valence-corrected chi connectivity index (χ4v) is 4.09. The van der Waals surface area contributed by atoms with Gasteiger partial charge in [-0.25, -0.2) is 0 Å². The number of phenols is 1. The Bertz CT molecular complexity index is 1410. The number of aromatic nitrogens is 2. The van der Waals surface area contributed by atoms with Crippen LogP contribution in [0.25, 0.3) is 10.9 Å². The maximum atomic E-state index is 10.0. The highest BCUT2D eigenvalue weighted by molar-refractivity contribution is 6.32. The standard InChI is InChI=1S/C24H20ClN5O2.C4H8O/c1-2-20-17(12-26)24(16-10-19(27)22(31)11-21(16)30-20)29-14-6-7-23(18(25)9-14)32-13-15-5-3-4-8-28-15;1-2-4-5-3-1/h3-11,31H,2,13,27H2,1H3,(H,29,30);1-4H2. The van der Waals surface area contributed by atoms with Crippen molar-refractivity contribution in [2.45, 2.75) is 32.8 Å². The number of pyridine rings is 2. The molecule has 1 saturated heterocycles. The predicted molar refractivity (Wildman–Crippen MR) is 145 cm³/mol. The van der Waals surface area contributed by atoms with E-state index in [1.54, 1.807) is 24.4 Å². The van der Waals surface area contributed by atoms with Crippen LogP contribution in [0.5, 0.6) is 11.5 Å². The van der Waals surface area contributed by atoms with Crippen molar-refractivity contribution in [2.75, 3.05) is 24.3 Å². The van der Waals surface area contributed by atoms with Crippen LogP contribution in [0.1, 0.15) is 36.7 Å². The number of nitriles is 1. The Morgan fingerprint density at radius 2 is 2.00 bits per heavy atom. The first kappa shape index (κ1) is 26.0. The van der Waals surface area contributed by atoms with Crippen LogP contribution in [0.3, 0.4) is 0 Å². The molecule has 37 heavy (non-hydrogen) atoms. The molecule has 0 atom stereocenters. The summed E-state index contributed by atoms with van der Waals surface area (Å²) in [5.41, 5.74) is 9.69. The summed E-state index contributed by atoms with van der Waals surface area (Å²) in [5.74, 6) is 0.464. The molecule has 0 aliphatic carbocycles. The average molecular weight is 518 g/mol. The Kier molecular flexibility index (Phi) is 8.62. The van der Waals surface area contributed by atoms with Gasteiger partial charge in [-0.3, -0.25) is 9.97 Å². The number of nitrogen functional groups attached to an aromatic ring is 1. The molecule has 0 bridgehead atoms. The molecule has 0 amide bonds. The largest absolute Gasteiger partial charge is 0.506 e. The molecular weight excluding hydrogens is 490 g/mol. The molecule has 2 aromatic heterocycles. The number of phenolic OH excluding ortho intramolecular Hbond substituents is 1. The fourth-order valence-electron chi connectivity index (χ4n) is 3.86. The number of halogens is 1. The Labute approximate surface area is 220 Å². The number of anilines is 3. The lowest BCUT2D eigenvalue weighted by Crippen LogP contribution is -2.03.